The van der Waals surface area contributed by atoms with Gasteiger partial charge in [-0.3, -0.25) is 4.79 Å². The second-order valence-electron chi connectivity index (χ2n) is 5.30. The van der Waals surface area contributed by atoms with Crippen LogP contribution in [0.25, 0.3) is 0 Å². The molecule has 0 heterocycles. The number of hydrogen-bond acceptors (Lipinski definition) is 3. The SMILES string of the molecule is CC(CC(=O)Nc1ccc(OCCO)cc1)c1ccc(F)cc1. The van der Waals surface area contributed by atoms with Crippen molar-refractivity contribution in [2.24, 2.45) is 0 Å². The molecule has 0 bridgehead atoms. The Labute approximate surface area is 134 Å². The van der Waals surface area contributed by atoms with Gasteiger partial charge in [0.25, 0.3) is 0 Å². The van der Waals surface area contributed by atoms with Crippen LogP contribution in [0.1, 0.15) is 24.8 Å². The summed E-state index contributed by atoms with van der Waals surface area (Å²) >= 11 is 0. The summed E-state index contributed by atoms with van der Waals surface area (Å²) in [7, 11) is 0. The molecule has 1 unspecified atom stereocenters. The van der Waals surface area contributed by atoms with Crippen LogP contribution in [-0.4, -0.2) is 24.2 Å². The van der Waals surface area contributed by atoms with E-state index in [9.17, 15) is 9.18 Å². The monoisotopic (exact) mass is 317 g/mol. The molecule has 0 aliphatic carbocycles. The van der Waals surface area contributed by atoms with E-state index in [4.69, 9.17) is 9.84 Å². The zero-order chi connectivity index (χ0) is 16.7. The number of carbonyl (C=O) groups is 1. The summed E-state index contributed by atoms with van der Waals surface area (Å²) in [6.45, 7) is 2.12. The Morgan fingerprint density at radius 1 is 1.17 bits per heavy atom. The van der Waals surface area contributed by atoms with Crippen molar-refractivity contribution >= 4 is 11.6 Å². The molecular formula is C18H20FNO3. The van der Waals surface area contributed by atoms with Gasteiger partial charge in [0.1, 0.15) is 18.2 Å². The lowest BCUT2D eigenvalue weighted by Crippen LogP contribution is -2.14. The van der Waals surface area contributed by atoms with Gasteiger partial charge in [0.2, 0.25) is 5.91 Å². The number of carbonyl (C=O) groups excluding carboxylic acids is 1. The number of amides is 1. The fourth-order valence-corrected chi connectivity index (χ4v) is 2.20. The largest absolute Gasteiger partial charge is 0.491 e. The maximum Gasteiger partial charge on any atom is 0.224 e. The van der Waals surface area contributed by atoms with Crippen molar-refractivity contribution in [1.29, 1.82) is 0 Å². The number of nitrogens with one attached hydrogen (secondary N) is 1. The molecule has 0 saturated heterocycles. The van der Waals surface area contributed by atoms with Crippen molar-refractivity contribution in [2.45, 2.75) is 19.3 Å². The van der Waals surface area contributed by atoms with Crippen molar-refractivity contribution in [3.63, 3.8) is 0 Å². The third-order valence-corrected chi connectivity index (χ3v) is 3.43. The molecule has 1 atom stereocenters. The van der Waals surface area contributed by atoms with Crippen molar-refractivity contribution in [3.05, 3.63) is 59.9 Å². The van der Waals surface area contributed by atoms with Gasteiger partial charge in [0.05, 0.1) is 6.61 Å². The van der Waals surface area contributed by atoms with E-state index in [-0.39, 0.29) is 30.9 Å². The van der Waals surface area contributed by atoms with Crippen LogP contribution in [0.5, 0.6) is 5.75 Å². The Morgan fingerprint density at radius 2 is 1.83 bits per heavy atom. The molecule has 5 heteroatoms. The molecule has 0 aliphatic heterocycles. The molecule has 0 aliphatic rings. The minimum atomic E-state index is -0.283. The van der Waals surface area contributed by atoms with Crippen LogP contribution < -0.4 is 10.1 Å². The first-order valence-electron chi connectivity index (χ1n) is 7.47. The number of hydrogen-bond donors (Lipinski definition) is 2. The van der Waals surface area contributed by atoms with Crippen molar-refractivity contribution in [2.75, 3.05) is 18.5 Å². The first-order chi connectivity index (χ1) is 11.1. The molecule has 23 heavy (non-hydrogen) atoms. The van der Waals surface area contributed by atoms with Crippen LogP contribution in [0, 0.1) is 5.82 Å². The molecule has 0 radical (unpaired) electrons. The van der Waals surface area contributed by atoms with Gasteiger partial charge in [-0.2, -0.15) is 0 Å². The first-order valence-corrected chi connectivity index (χ1v) is 7.47. The summed E-state index contributed by atoms with van der Waals surface area (Å²) in [6.07, 6.45) is 0.314. The summed E-state index contributed by atoms with van der Waals surface area (Å²) in [5, 5.41) is 11.5. The molecule has 2 aromatic carbocycles. The van der Waals surface area contributed by atoms with Gasteiger partial charge >= 0.3 is 0 Å². The zero-order valence-corrected chi connectivity index (χ0v) is 13.0. The topological polar surface area (TPSA) is 58.6 Å². The Kier molecular flexibility index (Phi) is 6.11. The lowest BCUT2D eigenvalue weighted by atomic mass is 9.97. The highest BCUT2D eigenvalue weighted by molar-refractivity contribution is 5.91. The van der Waals surface area contributed by atoms with E-state index in [2.05, 4.69) is 5.32 Å². The molecule has 2 N–H and O–H groups in total. The average Bonchev–Trinajstić information content (AvgIpc) is 2.54. The van der Waals surface area contributed by atoms with E-state index in [0.717, 1.165) is 5.56 Å². The number of benzene rings is 2. The summed E-state index contributed by atoms with van der Waals surface area (Å²) < 4.78 is 18.2. The summed E-state index contributed by atoms with van der Waals surface area (Å²) in [5.74, 6) is 0.249. The second kappa shape index (κ2) is 8.29. The maximum atomic E-state index is 12.9. The van der Waals surface area contributed by atoms with Crippen LogP contribution in [-0.2, 0) is 4.79 Å². The highest BCUT2D eigenvalue weighted by Crippen LogP contribution is 2.21. The summed E-state index contributed by atoms with van der Waals surface area (Å²) in [6, 6.07) is 13.1. The van der Waals surface area contributed by atoms with Crippen molar-refractivity contribution in [3.8, 4) is 5.75 Å². The van der Waals surface area contributed by atoms with Gasteiger partial charge in [-0.05, 0) is 47.9 Å². The zero-order valence-electron chi connectivity index (χ0n) is 13.0. The smallest absolute Gasteiger partial charge is 0.224 e. The average molecular weight is 317 g/mol. The number of ether oxygens (including phenoxy) is 1. The number of aliphatic hydroxyl groups excluding tert-OH is 1. The molecule has 0 saturated carbocycles. The van der Waals surface area contributed by atoms with Gasteiger partial charge in [-0.15, -0.1) is 0 Å². The van der Waals surface area contributed by atoms with Gasteiger partial charge in [-0.1, -0.05) is 19.1 Å². The van der Waals surface area contributed by atoms with Gasteiger partial charge in [-0.25, -0.2) is 4.39 Å². The summed E-state index contributed by atoms with van der Waals surface area (Å²) in [4.78, 5) is 12.1. The third kappa shape index (κ3) is 5.38. The standard InChI is InChI=1S/C18H20FNO3/c1-13(14-2-4-15(19)5-3-14)12-18(22)20-16-6-8-17(9-7-16)23-11-10-21/h2-9,13,21H,10-12H2,1H3,(H,20,22). The fraction of sp³-hybridized carbons (Fsp3) is 0.278. The molecule has 2 aromatic rings. The van der Waals surface area contributed by atoms with E-state index in [1.807, 2.05) is 6.92 Å². The quantitative estimate of drug-likeness (QED) is 0.823. The minimum absolute atomic E-state index is 0.00256. The first kappa shape index (κ1) is 17.0. The number of anilines is 1. The van der Waals surface area contributed by atoms with Gasteiger partial charge in [0.15, 0.2) is 0 Å². The molecule has 2 rings (SSSR count). The second-order valence-corrected chi connectivity index (χ2v) is 5.30. The van der Waals surface area contributed by atoms with Gasteiger partial charge < -0.3 is 15.2 Å². The van der Waals surface area contributed by atoms with Crippen LogP contribution >= 0.6 is 0 Å². The van der Waals surface area contributed by atoms with Crippen LogP contribution in [0.3, 0.4) is 0 Å². The van der Waals surface area contributed by atoms with E-state index < -0.39 is 0 Å². The fourth-order valence-electron chi connectivity index (χ4n) is 2.20. The Bertz CT molecular complexity index is 626. The molecular weight excluding hydrogens is 297 g/mol. The van der Waals surface area contributed by atoms with E-state index in [0.29, 0.717) is 17.9 Å². The Hall–Kier alpha value is -2.40. The molecule has 122 valence electrons. The van der Waals surface area contributed by atoms with E-state index >= 15 is 0 Å². The molecule has 1 amide bonds. The minimum Gasteiger partial charge on any atom is -0.491 e. The molecule has 0 spiro atoms. The lowest BCUT2D eigenvalue weighted by Gasteiger charge is -2.12. The van der Waals surface area contributed by atoms with Crippen molar-refractivity contribution < 1.29 is 19.0 Å². The van der Waals surface area contributed by atoms with Crippen LogP contribution in [0.15, 0.2) is 48.5 Å². The van der Waals surface area contributed by atoms with E-state index in [1.165, 1.54) is 12.1 Å². The lowest BCUT2D eigenvalue weighted by molar-refractivity contribution is -0.116. The predicted molar refractivity (Wildman–Crippen MR) is 87.1 cm³/mol. The normalized spacial score (nSPS) is 11.8. The third-order valence-electron chi connectivity index (χ3n) is 3.43. The number of halogens is 1. The highest BCUT2D eigenvalue weighted by atomic mass is 19.1. The molecule has 4 nitrogen and oxygen atoms in total. The Morgan fingerprint density at radius 3 is 2.43 bits per heavy atom. The predicted octanol–water partition coefficient (Wildman–Crippen LogP) is 3.33. The molecule has 0 fully saturated rings. The van der Waals surface area contributed by atoms with E-state index in [1.54, 1.807) is 36.4 Å². The summed E-state index contributed by atoms with van der Waals surface area (Å²) in [5.41, 5.74) is 1.60. The van der Waals surface area contributed by atoms with Crippen LogP contribution in [0.2, 0.25) is 0 Å². The highest BCUT2D eigenvalue weighted by Gasteiger charge is 2.11. The van der Waals surface area contributed by atoms with Crippen molar-refractivity contribution in [1.82, 2.24) is 0 Å². The van der Waals surface area contributed by atoms with Gasteiger partial charge in [0, 0.05) is 12.1 Å². The number of aliphatic hydroxyl groups is 1. The van der Waals surface area contributed by atoms with Crippen LogP contribution in [0.4, 0.5) is 10.1 Å². The Balaban J connectivity index is 1.87. The maximum absolute atomic E-state index is 12.9. The number of rotatable bonds is 7. The molecule has 0 aromatic heterocycles.